The Morgan fingerprint density at radius 1 is 0.259 bits per heavy atom. The van der Waals surface area contributed by atoms with E-state index in [4.69, 9.17) is 14.2 Å². The number of allylic oxidation sites excluding steroid dienone is 20. The summed E-state index contributed by atoms with van der Waals surface area (Å²) in [6, 6.07) is 0. The standard InChI is InChI=1S/C75H126O6/c1-4-7-10-13-15-17-19-21-23-25-27-29-31-33-34-35-36-37-38-39-40-42-43-45-47-49-51-53-55-57-59-62-65-68-74(77)80-71-72(70-79-73(76)67-64-61-12-9-6-3)81-75(78)69-66-63-60-58-56-54-52-50-48-46-44-41-32-30-28-26-24-22-20-18-16-14-11-8-5-2/h7-8,10-11,15-18,21-24,27-30,33-34,41,44,72H,4-6,9,12-14,19-20,25-26,31-32,35-40,42-43,45-71H2,1-3H3/b10-7-,11-8-,17-15-,18-16-,23-21-,24-22-,29-27-,30-28-,34-33-,44-41-. The molecule has 6 nitrogen and oxygen atoms in total. The lowest BCUT2D eigenvalue weighted by atomic mass is 10.0. The number of carbonyl (C=O) groups excluding carboxylic acids is 3. The minimum Gasteiger partial charge on any atom is -0.462 e. The van der Waals surface area contributed by atoms with Crippen LogP contribution in [0.1, 0.15) is 316 Å². The van der Waals surface area contributed by atoms with Gasteiger partial charge in [0, 0.05) is 19.3 Å². The first-order valence-electron chi connectivity index (χ1n) is 34.0. The third-order valence-electron chi connectivity index (χ3n) is 14.5. The van der Waals surface area contributed by atoms with Crippen molar-refractivity contribution in [3.05, 3.63) is 122 Å². The van der Waals surface area contributed by atoms with Crippen molar-refractivity contribution in [2.24, 2.45) is 0 Å². The Kier molecular flexibility index (Phi) is 64.8. The van der Waals surface area contributed by atoms with E-state index < -0.39 is 6.10 Å². The van der Waals surface area contributed by atoms with E-state index in [2.05, 4.69) is 142 Å². The van der Waals surface area contributed by atoms with Crippen molar-refractivity contribution in [3.8, 4) is 0 Å². The summed E-state index contributed by atoms with van der Waals surface area (Å²) >= 11 is 0. The summed E-state index contributed by atoms with van der Waals surface area (Å²) in [5.41, 5.74) is 0. The topological polar surface area (TPSA) is 78.9 Å². The maximum atomic E-state index is 12.8. The molecule has 0 spiro atoms. The van der Waals surface area contributed by atoms with Gasteiger partial charge in [0.1, 0.15) is 13.2 Å². The zero-order valence-corrected chi connectivity index (χ0v) is 53.0. The van der Waals surface area contributed by atoms with Crippen molar-refractivity contribution in [2.75, 3.05) is 13.2 Å². The summed E-state index contributed by atoms with van der Waals surface area (Å²) in [4.78, 5) is 38.0. The minimum atomic E-state index is -0.779. The fraction of sp³-hybridized carbons (Fsp3) is 0.693. The SMILES string of the molecule is CC/C=C\C/C=C\C/C=C\C/C=C\C/C=C\CCCCCCCCCCCCCCCCCCCC(=O)OCC(COC(=O)CCCCCCC)OC(=O)CCCCCCCCCCC/C=C\C/C=C\C/C=C\C/C=C\C/C=C\CC. The molecule has 0 heterocycles. The summed E-state index contributed by atoms with van der Waals surface area (Å²) in [5, 5.41) is 0. The first kappa shape index (κ1) is 76.8. The Bertz CT molecular complexity index is 1670. The largest absolute Gasteiger partial charge is 0.462 e. The van der Waals surface area contributed by atoms with Gasteiger partial charge in [0.2, 0.25) is 0 Å². The number of ether oxygens (including phenoxy) is 3. The molecule has 1 atom stereocenters. The molecule has 0 rings (SSSR count). The molecule has 0 aromatic heterocycles. The number of carbonyl (C=O) groups is 3. The van der Waals surface area contributed by atoms with Crippen LogP contribution in [0.5, 0.6) is 0 Å². The first-order valence-corrected chi connectivity index (χ1v) is 34.0. The molecule has 0 radical (unpaired) electrons. The predicted molar refractivity (Wildman–Crippen MR) is 353 cm³/mol. The van der Waals surface area contributed by atoms with E-state index in [1.807, 2.05) is 0 Å². The fourth-order valence-electron chi connectivity index (χ4n) is 9.44. The van der Waals surface area contributed by atoms with Gasteiger partial charge in [-0.15, -0.1) is 0 Å². The molecule has 0 aliphatic carbocycles. The molecular weight excluding hydrogens is 997 g/mol. The van der Waals surface area contributed by atoms with Crippen molar-refractivity contribution >= 4 is 17.9 Å². The summed E-state index contributed by atoms with van der Waals surface area (Å²) in [7, 11) is 0. The lowest BCUT2D eigenvalue weighted by Crippen LogP contribution is -2.30. The lowest BCUT2D eigenvalue weighted by molar-refractivity contribution is -0.167. The molecule has 0 aromatic rings. The molecule has 0 saturated carbocycles. The van der Waals surface area contributed by atoms with E-state index >= 15 is 0 Å². The molecule has 81 heavy (non-hydrogen) atoms. The van der Waals surface area contributed by atoms with Gasteiger partial charge >= 0.3 is 17.9 Å². The van der Waals surface area contributed by atoms with Crippen molar-refractivity contribution in [1.82, 2.24) is 0 Å². The zero-order valence-electron chi connectivity index (χ0n) is 53.0. The average Bonchev–Trinajstić information content (AvgIpc) is 3.47. The molecule has 6 heteroatoms. The highest BCUT2D eigenvalue weighted by molar-refractivity contribution is 5.71. The van der Waals surface area contributed by atoms with Gasteiger partial charge in [0.25, 0.3) is 0 Å². The van der Waals surface area contributed by atoms with Gasteiger partial charge in [-0.3, -0.25) is 14.4 Å². The van der Waals surface area contributed by atoms with Crippen LogP contribution in [-0.4, -0.2) is 37.2 Å². The van der Waals surface area contributed by atoms with Gasteiger partial charge in [-0.25, -0.2) is 0 Å². The Morgan fingerprint density at radius 2 is 0.481 bits per heavy atom. The smallest absolute Gasteiger partial charge is 0.306 e. The quantitative estimate of drug-likeness (QED) is 0.0261. The second-order valence-electron chi connectivity index (χ2n) is 22.3. The normalized spacial score (nSPS) is 12.9. The molecule has 0 aromatic carbocycles. The molecule has 1 unspecified atom stereocenters. The lowest BCUT2D eigenvalue weighted by Gasteiger charge is -2.18. The van der Waals surface area contributed by atoms with Gasteiger partial charge in [0.15, 0.2) is 6.10 Å². The van der Waals surface area contributed by atoms with Crippen LogP contribution in [0.4, 0.5) is 0 Å². The van der Waals surface area contributed by atoms with Crippen LogP contribution in [0.2, 0.25) is 0 Å². The van der Waals surface area contributed by atoms with E-state index in [-0.39, 0.29) is 31.1 Å². The van der Waals surface area contributed by atoms with Crippen LogP contribution < -0.4 is 0 Å². The maximum absolute atomic E-state index is 12.8. The second kappa shape index (κ2) is 68.3. The zero-order chi connectivity index (χ0) is 58.5. The van der Waals surface area contributed by atoms with Crippen LogP contribution in [0.25, 0.3) is 0 Å². The number of hydrogen-bond acceptors (Lipinski definition) is 6. The highest BCUT2D eigenvalue weighted by Gasteiger charge is 2.19. The van der Waals surface area contributed by atoms with Crippen molar-refractivity contribution < 1.29 is 28.6 Å². The van der Waals surface area contributed by atoms with E-state index in [0.29, 0.717) is 19.3 Å². The van der Waals surface area contributed by atoms with E-state index in [1.54, 1.807) is 0 Å². The number of hydrogen-bond donors (Lipinski definition) is 0. The van der Waals surface area contributed by atoms with E-state index in [9.17, 15) is 14.4 Å². The van der Waals surface area contributed by atoms with Crippen LogP contribution >= 0.6 is 0 Å². The van der Waals surface area contributed by atoms with Gasteiger partial charge in [-0.05, 0) is 109 Å². The summed E-state index contributed by atoms with van der Waals surface area (Å²) < 4.78 is 16.8. The molecule has 0 bridgehead atoms. The summed E-state index contributed by atoms with van der Waals surface area (Å²) in [6.07, 6.45) is 95.6. The predicted octanol–water partition coefficient (Wildman–Crippen LogP) is 23.6. The average molecular weight is 1120 g/mol. The van der Waals surface area contributed by atoms with Crippen molar-refractivity contribution in [1.29, 1.82) is 0 Å². The minimum absolute atomic E-state index is 0.0792. The van der Waals surface area contributed by atoms with E-state index in [0.717, 1.165) is 135 Å². The van der Waals surface area contributed by atoms with Crippen molar-refractivity contribution in [2.45, 2.75) is 322 Å². The Labute approximate surface area is 501 Å². The molecule has 0 aliphatic heterocycles. The maximum Gasteiger partial charge on any atom is 0.306 e. The molecule has 0 fully saturated rings. The monoisotopic (exact) mass is 1120 g/mol. The molecule has 0 amide bonds. The number of esters is 3. The fourth-order valence-corrected chi connectivity index (χ4v) is 9.44. The Balaban J connectivity index is 3.99. The third kappa shape index (κ3) is 66.5. The van der Waals surface area contributed by atoms with Crippen molar-refractivity contribution in [3.63, 3.8) is 0 Å². The van der Waals surface area contributed by atoms with Crippen LogP contribution in [0.15, 0.2) is 122 Å². The molecule has 462 valence electrons. The number of rotatable bonds is 61. The van der Waals surface area contributed by atoms with Gasteiger partial charge in [-0.2, -0.15) is 0 Å². The van der Waals surface area contributed by atoms with Crippen LogP contribution in [0, 0.1) is 0 Å². The third-order valence-corrected chi connectivity index (χ3v) is 14.5. The van der Waals surface area contributed by atoms with Crippen LogP contribution in [0.3, 0.4) is 0 Å². The highest BCUT2D eigenvalue weighted by atomic mass is 16.6. The molecule has 0 saturated heterocycles. The molecule has 0 aliphatic rings. The molecule has 0 N–H and O–H groups in total. The number of unbranched alkanes of at least 4 members (excludes halogenated alkanes) is 30. The van der Waals surface area contributed by atoms with Gasteiger partial charge in [-0.1, -0.05) is 309 Å². The Hall–Kier alpha value is -4.19. The molecular formula is C75H126O6. The van der Waals surface area contributed by atoms with Gasteiger partial charge < -0.3 is 14.2 Å². The summed E-state index contributed by atoms with van der Waals surface area (Å²) in [5.74, 6) is -0.891. The van der Waals surface area contributed by atoms with E-state index in [1.165, 1.54) is 141 Å². The van der Waals surface area contributed by atoms with Gasteiger partial charge in [0.05, 0.1) is 0 Å². The Morgan fingerprint density at radius 3 is 0.753 bits per heavy atom. The summed E-state index contributed by atoms with van der Waals surface area (Å²) in [6.45, 7) is 6.35. The highest BCUT2D eigenvalue weighted by Crippen LogP contribution is 2.17. The van der Waals surface area contributed by atoms with Crippen LogP contribution in [-0.2, 0) is 28.6 Å². The second-order valence-corrected chi connectivity index (χ2v) is 22.3. The first-order chi connectivity index (χ1) is 40.0.